The van der Waals surface area contributed by atoms with Gasteiger partial charge in [0.2, 0.25) is 0 Å². The van der Waals surface area contributed by atoms with Crippen molar-refractivity contribution in [3.05, 3.63) is 17.3 Å². The van der Waals surface area contributed by atoms with Gasteiger partial charge < -0.3 is 4.90 Å². The van der Waals surface area contributed by atoms with Gasteiger partial charge in [-0.3, -0.25) is 0 Å². The molecule has 120 valence electrons. The maximum absolute atomic E-state index is 12.6. The van der Waals surface area contributed by atoms with Crippen molar-refractivity contribution in [3.8, 4) is 0 Å². The highest BCUT2D eigenvalue weighted by Gasteiger charge is 2.30. The van der Waals surface area contributed by atoms with Crippen LogP contribution in [-0.4, -0.2) is 29.2 Å². The first-order valence-electron chi connectivity index (χ1n) is 7.36. The van der Waals surface area contributed by atoms with E-state index in [2.05, 4.69) is 21.8 Å². The van der Waals surface area contributed by atoms with E-state index in [1.807, 2.05) is 7.05 Å². The Bertz CT molecular complexity index is 668. The van der Waals surface area contributed by atoms with Gasteiger partial charge in [-0.05, 0) is 31.2 Å². The van der Waals surface area contributed by atoms with Crippen molar-refractivity contribution >= 4 is 27.4 Å². The summed E-state index contributed by atoms with van der Waals surface area (Å²) in [7, 11) is 1.98. The first-order valence-corrected chi connectivity index (χ1v) is 8.18. The second kappa shape index (κ2) is 5.68. The zero-order valence-corrected chi connectivity index (χ0v) is 13.3. The summed E-state index contributed by atoms with van der Waals surface area (Å²) in [5, 5.41) is 0.730. The highest BCUT2D eigenvalue weighted by molar-refractivity contribution is 7.18. The van der Waals surface area contributed by atoms with E-state index in [0.29, 0.717) is 16.8 Å². The molecule has 3 nitrogen and oxygen atoms in total. The van der Waals surface area contributed by atoms with Gasteiger partial charge in [-0.25, -0.2) is 9.97 Å². The van der Waals surface area contributed by atoms with Gasteiger partial charge in [0, 0.05) is 18.0 Å². The summed E-state index contributed by atoms with van der Waals surface area (Å²) in [5.41, 5.74) is 0. The zero-order chi connectivity index (χ0) is 15.9. The SMILES string of the molecule is C[C@H]1CC[C@@H](N(C)c2ncnc3sc(CC(F)(F)F)cc23)C1. The monoisotopic (exact) mass is 329 g/mol. The van der Waals surface area contributed by atoms with E-state index in [1.165, 1.54) is 12.7 Å². The molecule has 1 saturated carbocycles. The van der Waals surface area contributed by atoms with Crippen molar-refractivity contribution in [2.45, 2.75) is 44.8 Å². The summed E-state index contributed by atoms with van der Waals surface area (Å²) in [5.74, 6) is 1.43. The Kier molecular flexibility index (Phi) is 4.01. The first kappa shape index (κ1) is 15.5. The number of hydrogen-bond acceptors (Lipinski definition) is 4. The van der Waals surface area contributed by atoms with Gasteiger partial charge >= 0.3 is 6.18 Å². The third-order valence-corrected chi connectivity index (χ3v) is 5.33. The van der Waals surface area contributed by atoms with Gasteiger partial charge in [0.25, 0.3) is 0 Å². The van der Waals surface area contributed by atoms with E-state index in [0.717, 1.165) is 35.4 Å². The minimum absolute atomic E-state index is 0.289. The molecule has 0 amide bonds. The van der Waals surface area contributed by atoms with Crippen molar-refractivity contribution in [3.63, 3.8) is 0 Å². The second-order valence-corrected chi connectivity index (χ2v) is 7.22. The predicted octanol–water partition coefficient (Wildman–Crippen LogP) is 4.42. The Hall–Kier alpha value is -1.37. The Labute approximate surface area is 131 Å². The lowest BCUT2D eigenvalue weighted by atomic mass is 10.1. The quantitative estimate of drug-likeness (QED) is 0.834. The van der Waals surface area contributed by atoms with Crippen LogP contribution in [0, 0.1) is 5.92 Å². The Morgan fingerprint density at radius 3 is 2.73 bits per heavy atom. The van der Waals surface area contributed by atoms with Gasteiger partial charge in [0.15, 0.2) is 0 Å². The molecule has 1 aliphatic rings. The molecule has 2 atom stereocenters. The molecule has 22 heavy (non-hydrogen) atoms. The third kappa shape index (κ3) is 3.19. The fourth-order valence-electron chi connectivity index (χ4n) is 3.16. The topological polar surface area (TPSA) is 29.0 Å². The molecule has 2 aromatic heterocycles. The van der Waals surface area contributed by atoms with E-state index in [1.54, 1.807) is 6.07 Å². The number of hydrogen-bond donors (Lipinski definition) is 0. The third-order valence-electron chi connectivity index (χ3n) is 4.28. The molecule has 2 aromatic rings. The van der Waals surface area contributed by atoms with Crippen LogP contribution in [0.4, 0.5) is 19.0 Å². The molecule has 0 aliphatic heterocycles. The summed E-state index contributed by atoms with van der Waals surface area (Å²) in [6.07, 6.45) is -0.268. The van der Waals surface area contributed by atoms with E-state index < -0.39 is 12.6 Å². The molecule has 1 aliphatic carbocycles. The molecule has 0 aromatic carbocycles. The number of rotatable bonds is 3. The molecule has 0 N–H and O–H groups in total. The largest absolute Gasteiger partial charge is 0.393 e. The molecule has 0 unspecified atom stereocenters. The van der Waals surface area contributed by atoms with Gasteiger partial charge in [0.1, 0.15) is 17.0 Å². The molecule has 7 heteroatoms. The lowest BCUT2D eigenvalue weighted by molar-refractivity contribution is -0.126. The number of aromatic nitrogens is 2. The number of alkyl halides is 3. The summed E-state index contributed by atoms with van der Waals surface area (Å²) in [6.45, 7) is 2.23. The first-order chi connectivity index (χ1) is 10.3. The fourth-order valence-corrected chi connectivity index (χ4v) is 4.18. The molecule has 0 saturated heterocycles. The number of anilines is 1. The van der Waals surface area contributed by atoms with Crippen molar-refractivity contribution < 1.29 is 13.2 Å². The van der Waals surface area contributed by atoms with Crippen LogP contribution in [0.2, 0.25) is 0 Å². The number of thiophene rings is 1. The Balaban J connectivity index is 1.92. The van der Waals surface area contributed by atoms with Crippen molar-refractivity contribution in [1.29, 1.82) is 0 Å². The molecule has 0 radical (unpaired) electrons. The lowest BCUT2D eigenvalue weighted by Crippen LogP contribution is -2.30. The Morgan fingerprint density at radius 1 is 1.32 bits per heavy atom. The van der Waals surface area contributed by atoms with Crippen LogP contribution in [-0.2, 0) is 6.42 Å². The maximum atomic E-state index is 12.6. The Morgan fingerprint density at radius 2 is 2.09 bits per heavy atom. The molecular weight excluding hydrogens is 311 g/mol. The van der Waals surface area contributed by atoms with Crippen LogP contribution in [0.1, 0.15) is 31.1 Å². The number of nitrogens with zero attached hydrogens (tertiary/aromatic N) is 3. The number of halogens is 3. The summed E-state index contributed by atoms with van der Waals surface area (Å²) in [4.78, 5) is 11.5. The van der Waals surface area contributed by atoms with E-state index in [-0.39, 0.29) is 4.88 Å². The molecule has 3 rings (SSSR count). The highest BCUT2D eigenvalue weighted by Crippen LogP contribution is 2.36. The molecule has 0 bridgehead atoms. The second-order valence-electron chi connectivity index (χ2n) is 6.10. The van der Waals surface area contributed by atoms with Crippen molar-refractivity contribution in [2.24, 2.45) is 5.92 Å². The molecule has 1 fully saturated rings. The summed E-state index contributed by atoms with van der Waals surface area (Å²) in [6, 6.07) is 2.00. The average molecular weight is 329 g/mol. The standard InChI is InChI=1S/C15H18F3N3S/c1-9-3-4-10(5-9)21(2)13-12-6-11(7-15(16,17)18)22-14(12)20-8-19-13/h6,8-10H,3-5,7H2,1-2H3/t9-,10+/m0/s1. The smallest absolute Gasteiger partial charge is 0.356 e. The predicted molar refractivity (Wildman–Crippen MR) is 82.4 cm³/mol. The highest BCUT2D eigenvalue weighted by atomic mass is 32.1. The maximum Gasteiger partial charge on any atom is 0.393 e. The van der Waals surface area contributed by atoms with Gasteiger partial charge in [0.05, 0.1) is 11.8 Å². The molecule has 0 spiro atoms. The van der Waals surface area contributed by atoms with Crippen molar-refractivity contribution in [2.75, 3.05) is 11.9 Å². The fraction of sp³-hybridized carbons (Fsp3) is 0.600. The van der Waals surface area contributed by atoms with Crippen LogP contribution in [0.3, 0.4) is 0 Å². The summed E-state index contributed by atoms with van der Waals surface area (Å²) >= 11 is 1.10. The zero-order valence-electron chi connectivity index (χ0n) is 12.5. The number of fused-ring (bicyclic) bond motifs is 1. The minimum Gasteiger partial charge on any atom is -0.356 e. The van der Waals surface area contributed by atoms with Gasteiger partial charge in [-0.15, -0.1) is 11.3 Å². The van der Waals surface area contributed by atoms with Crippen LogP contribution >= 0.6 is 11.3 Å². The van der Waals surface area contributed by atoms with Crippen LogP contribution in [0.15, 0.2) is 12.4 Å². The average Bonchev–Trinajstić information content (AvgIpc) is 3.00. The normalized spacial score (nSPS) is 22.4. The molecule has 2 heterocycles. The molecular formula is C15H18F3N3S. The van der Waals surface area contributed by atoms with Gasteiger partial charge in [-0.2, -0.15) is 13.2 Å². The lowest BCUT2D eigenvalue weighted by Gasteiger charge is -2.26. The van der Waals surface area contributed by atoms with Crippen LogP contribution in [0.5, 0.6) is 0 Å². The summed E-state index contributed by atoms with van der Waals surface area (Å²) < 4.78 is 37.7. The van der Waals surface area contributed by atoms with Crippen LogP contribution < -0.4 is 4.90 Å². The van der Waals surface area contributed by atoms with Gasteiger partial charge in [-0.1, -0.05) is 6.92 Å². The van der Waals surface area contributed by atoms with E-state index in [9.17, 15) is 13.2 Å². The van der Waals surface area contributed by atoms with E-state index >= 15 is 0 Å². The van der Waals surface area contributed by atoms with Crippen molar-refractivity contribution in [1.82, 2.24) is 9.97 Å². The van der Waals surface area contributed by atoms with E-state index in [4.69, 9.17) is 0 Å². The van der Waals surface area contributed by atoms with Crippen LogP contribution in [0.25, 0.3) is 10.2 Å². The minimum atomic E-state index is -4.19.